The summed E-state index contributed by atoms with van der Waals surface area (Å²) in [6.45, 7) is 1.96. The van der Waals surface area contributed by atoms with Crippen LogP contribution in [0.25, 0.3) is 33.3 Å². The van der Waals surface area contributed by atoms with Gasteiger partial charge < -0.3 is 10.3 Å². The molecule has 2 aromatic carbocycles. The number of thiazole rings is 1. The summed E-state index contributed by atoms with van der Waals surface area (Å²) in [5, 5.41) is 15.1. The van der Waals surface area contributed by atoms with Crippen LogP contribution in [0.3, 0.4) is 0 Å². The number of aromatic amines is 1. The van der Waals surface area contributed by atoms with Crippen LogP contribution in [0.2, 0.25) is 0 Å². The molecule has 0 spiro atoms. The molecule has 7 nitrogen and oxygen atoms in total. The zero-order valence-electron chi connectivity index (χ0n) is 16.6. The number of anilines is 1. The summed E-state index contributed by atoms with van der Waals surface area (Å²) in [6, 6.07) is 17.8. The van der Waals surface area contributed by atoms with Crippen molar-refractivity contribution in [2.45, 2.75) is 23.8 Å². The molecule has 0 aliphatic heterocycles. The van der Waals surface area contributed by atoms with Gasteiger partial charge in [-0.3, -0.25) is 4.79 Å². The molecule has 154 valence electrons. The van der Waals surface area contributed by atoms with Crippen LogP contribution in [0.4, 0.5) is 5.13 Å². The summed E-state index contributed by atoms with van der Waals surface area (Å²) >= 11 is 2.71. The summed E-state index contributed by atoms with van der Waals surface area (Å²) in [7, 11) is 0. The van der Waals surface area contributed by atoms with Crippen molar-refractivity contribution >= 4 is 56.2 Å². The molecule has 3 aromatic heterocycles. The molecule has 2 N–H and O–H groups in total. The number of fused-ring (bicyclic) bond motifs is 3. The lowest BCUT2D eigenvalue weighted by atomic mass is 10.2. The number of hydrogen-bond acceptors (Lipinski definition) is 7. The number of nitrogens with one attached hydrogen (secondary N) is 2. The molecule has 5 rings (SSSR count). The van der Waals surface area contributed by atoms with Gasteiger partial charge in [0.2, 0.25) is 11.1 Å². The maximum absolute atomic E-state index is 12.8. The second-order valence-electron chi connectivity index (χ2n) is 6.87. The van der Waals surface area contributed by atoms with E-state index in [1.807, 2.05) is 66.9 Å². The van der Waals surface area contributed by atoms with Gasteiger partial charge in [0, 0.05) is 21.8 Å². The Labute approximate surface area is 186 Å². The molecule has 0 unspecified atom stereocenters. The topological polar surface area (TPSA) is 96.5 Å². The third kappa shape index (κ3) is 4.01. The summed E-state index contributed by atoms with van der Waals surface area (Å²) in [6.07, 6.45) is 0.627. The van der Waals surface area contributed by atoms with Crippen LogP contribution in [-0.4, -0.2) is 36.3 Å². The SMILES string of the molecule is CC[C@H](Sc1nnc2c(n1)[nH]c1ccccc12)C(=O)Nc1nc(-c2ccccc2)cs1. The van der Waals surface area contributed by atoms with E-state index in [1.54, 1.807) is 0 Å². The number of thioether (sulfide) groups is 1. The summed E-state index contributed by atoms with van der Waals surface area (Å²) in [5.41, 5.74) is 4.23. The molecule has 1 atom stereocenters. The molecule has 0 bridgehead atoms. The molecular weight excluding hydrogens is 428 g/mol. The van der Waals surface area contributed by atoms with Crippen molar-refractivity contribution in [2.24, 2.45) is 0 Å². The predicted octanol–water partition coefficient (Wildman–Crippen LogP) is 5.14. The Morgan fingerprint density at radius 2 is 1.90 bits per heavy atom. The summed E-state index contributed by atoms with van der Waals surface area (Å²) in [5.74, 6) is -0.123. The normalized spacial score (nSPS) is 12.3. The van der Waals surface area contributed by atoms with Crippen LogP contribution in [0.15, 0.2) is 65.1 Å². The molecule has 0 aliphatic carbocycles. The van der Waals surface area contributed by atoms with Crippen LogP contribution >= 0.6 is 23.1 Å². The van der Waals surface area contributed by atoms with Crippen LogP contribution in [-0.2, 0) is 4.79 Å². The zero-order valence-corrected chi connectivity index (χ0v) is 18.2. The van der Waals surface area contributed by atoms with Crippen molar-refractivity contribution in [3.63, 3.8) is 0 Å². The van der Waals surface area contributed by atoms with Gasteiger partial charge in [-0.25, -0.2) is 9.97 Å². The Kier molecular flexibility index (Phi) is 5.35. The number of para-hydroxylation sites is 1. The minimum Gasteiger partial charge on any atom is -0.338 e. The Morgan fingerprint density at radius 3 is 2.74 bits per heavy atom. The minimum atomic E-state index is -0.354. The second kappa shape index (κ2) is 8.44. The van der Waals surface area contributed by atoms with Crippen molar-refractivity contribution in [2.75, 3.05) is 5.32 Å². The van der Waals surface area contributed by atoms with E-state index in [0.29, 0.717) is 22.4 Å². The number of benzene rings is 2. The first-order chi connectivity index (χ1) is 15.2. The van der Waals surface area contributed by atoms with Gasteiger partial charge in [-0.1, -0.05) is 67.2 Å². The van der Waals surface area contributed by atoms with Crippen molar-refractivity contribution < 1.29 is 4.79 Å². The monoisotopic (exact) mass is 446 g/mol. The van der Waals surface area contributed by atoms with E-state index < -0.39 is 0 Å². The van der Waals surface area contributed by atoms with Gasteiger partial charge >= 0.3 is 0 Å². The third-order valence-electron chi connectivity index (χ3n) is 4.82. The van der Waals surface area contributed by atoms with Gasteiger partial charge in [0.25, 0.3) is 0 Å². The van der Waals surface area contributed by atoms with E-state index in [0.717, 1.165) is 27.7 Å². The predicted molar refractivity (Wildman–Crippen MR) is 125 cm³/mol. The first-order valence-corrected chi connectivity index (χ1v) is 11.6. The van der Waals surface area contributed by atoms with Crippen LogP contribution in [0.1, 0.15) is 13.3 Å². The van der Waals surface area contributed by atoms with Crippen molar-refractivity contribution in [3.8, 4) is 11.3 Å². The summed E-state index contributed by atoms with van der Waals surface area (Å²) < 4.78 is 0. The van der Waals surface area contributed by atoms with Gasteiger partial charge in [0.15, 0.2) is 10.8 Å². The van der Waals surface area contributed by atoms with Gasteiger partial charge in [0.05, 0.1) is 10.9 Å². The average molecular weight is 447 g/mol. The largest absolute Gasteiger partial charge is 0.338 e. The van der Waals surface area contributed by atoms with Crippen molar-refractivity contribution in [1.29, 1.82) is 0 Å². The number of carbonyl (C=O) groups excluding carboxylic acids is 1. The lowest BCUT2D eigenvalue weighted by Crippen LogP contribution is -2.24. The standard InChI is InChI=1S/C22H18N6OS2/c1-2-17(20(29)26-21-24-16(12-30-21)13-8-4-3-5-9-13)31-22-25-19-18(27-28-22)14-10-6-7-11-15(14)23-19/h3-12,17H,2H2,1H3,(H,23,25,28)(H,24,26,29)/t17-/m0/s1. The number of carbonyl (C=O) groups is 1. The Balaban J connectivity index is 1.32. The van der Waals surface area contributed by atoms with Gasteiger partial charge in [-0.15, -0.1) is 21.5 Å². The molecule has 0 fully saturated rings. The lowest BCUT2D eigenvalue weighted by Gasteiger charge is -2.11. The molecule has 5 aromatic rings. The fourth-order valence-electron chi connectivity index (χ4n) is 3.26. The molecule has 0 saturated heterocycles. The number of H-pyrrole nitrogens is 1. The summed E-state index contributed by atoms with van der Waals surface area (Å²) in [4.78, 5) is 25.2. The number of hydrogen-bond donors (Lipinski definition) is 2. The fourth-order valence-corrected chi connectivity index (χ4v) is 4.81. The van der Waals surface area contributed by atoms with Crippen LogP contribution in [0, 0.1) is 0 Å². The molecular formula is C22H18N6OS2. The van der Waals surface area contributed by atoms with Crippen LogP contribution < -0.4 is 5.32 Å². The van der Waals surface area contributed by atoms with Gasteiger partial charge in [-0.2, -0.15) is 0 Å². The molecule has 9 heteroatoms. The lowest BCUT2D eigenvalue weighted by molar-refractivity contribution is -0.115. The number of nitrogens with zero attached hydrogens (tertiary/aromatic N) is 4. The Bertz CT molecular complexity index is 1360. The number of aromatic nitrogens is 5. The number of amides is 1. The average Bonchev–Trinajstić information content (AvgIpc) is 3.42. The fraction of sp³-hybridized carbons (Fsp3) is 0.136. The number of rotatable bonds is 6. The molecule has 0 radical (unpaired) electrons. The highest BCUT2D eigenvalue weighted by Crippen LogP contribution is 2.28. The van der Waals surface area contributed by atoms with Gasteiger partial charge in [0.1, 0.15) is 5.52 Å². The zero-order chi connectivity index (χ0) is 21.2. The third-order valence-corrected chi connectivity index (χ3v) is 6.79. The Morgan fingerprint density at radius 1 is 1.10 bits per heavy atom. The second-order valence-corrected chi connectivity index (χ2v) is 8.90. The first kappa shape index (κ1) is 19.7. The minimum absolute atomic E-state index is 0.123. The van der Waals surface area contributed by atoms with Crippen molar-refractivity contribution in [1.82, 2.24) is 25.1 Å². The quantitative estimate of drug-likeness (QED) is 0.351. The van der Waals surface area contributed by atoms with Crippen LogP contribution in [0.5, 0.6) is 0 Å². The highest BCUT2D eigenvalue weighted by molar-refractivity contribution is 8.00. The molecule has 31 heavy (non-hydrogen) atoms. The maximum atomic E-state index is 12.8. The maximum Gasteiger partial charge on any atom is 0.239 e. The smallest absolute Gasteiger partial charge is 0.239 e. The van der Waals surface area contributed by atoms with Crippen molar-refractivity contribution in [3.05, 3.63) is 60.0 Å². The first-order valence-electron chi connectivity index (χ1n) is 9.81. The highest BCUT2D eigenvalue weighted by atomic mass is 32.2. The molecule has 0 saturated carbocycles. The molecule has 3 heterocycles. The molecule has 1 amide bonds. The van der Waals surface area contributed by atoms with E-state index in [1.165, 1.54) is 23.1 Å². The Hall–Kier alpha value is -3.30. The van der Waals surface area contributed by atoms with E-state index >= 15 is 0 Å². The van der Waals surface area contributed by atoms with E-state index in [-0.39, 0.29) is 11.2 Å². The van der Waals surface area contributed by atoms with E-state index in [9.17, 15) is 4.79 Å². The van der Waals surface area contributed by atoms with E-state index in [4.69, 9.17) is 0 Å². The van der Waals surface area contributed by atoms with E-state index in [2.05, 4.69) is 30.5 Å². The highest BCUT2D eigenvalue weighted by Gasteiger charge is 2.22. The van der Waals surface area contributed by atoms with Gasteiger partial charge in [-0.05, 0) is 12.5 Å². The molecule has 0 aliphatic rings.